The van der Waals surface area contributed by atoms with Crippen molar-refractivity contribution >= 4 is 27.5 Å². The summed E-state index contributed by atoms with van der Waals surface area (Å²) in [4.78, 5) is 16.0. The van der Waals surface area contributed by atoms with Crippen LogP contribution in [0, 0.1) is 11.3 Å². The zero-order valence-corrected chi connectivity index (χ0v) is 12.1. The minimum Gasteiger partial charge on any atom is -0.367 e. The average Bonchev–Trinajstić information content (AvgIpc) is 2.79. The Kier molecular flexibility index (Phi) is 3.19. The van der Waals surface area contributed by atoms with E-state index in [2.05, 4.69) is 26.9 Å². The molecule has 0 aliphatic carbocycles. The van der Waals surface area contributed by atoms with E-state index in [0.717, 1.165) is 36.2 Å². The van der Waals surface area contributed by atoms with Gasteiger partial charge in [0, 0.05) is 36.6 Å². The number of halogens is 1. The van der Waals surface area contributed by atoms with Gasteiger partial charge in [-0.15, -0.1) is 0 Å². The van der Waals surface area contributed by atoms with Gasteiger partial charge in [0.1, 0.15) is 0 Å². The van der Waals surface area contributed by atoms with Crippen LogP contribution in [0.3, 0.4) is 0 Å². The lowest BCUT2D eigenvalue weighted by molar-refractivity contribution is -0.129. The summed E-state index contributed by atoms with van der Waals surface area (Å²) in [6, 6.07) is 8.16. The maximum atomic E-state index is 11.7. The third kappa shape index (κ3) is 2.21. The maximum absolute atomic E-state index is 11.7. The number of anilines is 1. The van der Waals surface area contributed by atoms with Crippen molar-refractivity contribution in [2.45, 2.75) is 18.9 Å². The number of nitriles is 1. The van der Waals surface area contributed by atoms with E-state index < -0.39 is 0 Å². The molecule has 0 N–H and O–H groups in total. The first kappa shape index (κ1) is 12.5. The van der Waals surface area contributed by atoms with Crippen LogP contribution in [0.1, 0.15) is 18.4 Å². The van der Waals surface area contributed by atoms with Gasteiger partial charge < -0.3 is 9.80 Å². The SMILES string of the molecule is N#Cc1ccc(N2CCN3C(=O)CCC3C2)c(Br)c1. The van der Waals surface area contributed by atoms with Crippen LogP contribution in [-0.4, -0.2) is 36.5 Å². The van der Waals surface area contributed by atoms with Gasteiger partial charge in [-0.05, 0) is 40.5 Å². The molecule has 1 amide bonds. The first-order chi connectivity index (χ1) is 9.19. The molecule has 98 valence electrons. The van der Waals surface area contributed by atoms with Crippen LogP contribution in [0.5, 0.6) is 0 Å². The van der Waals surface area contributed by atoms with Crippen LogP contribution in [0.15, 0.2) is 22.7 Å². The van der Waals surface area contributed by atoms with Crippen molar-refractivity contribution in [1.29, 1.82) is 5.26 Å². The minimum atomic E-state index is 0.295. The number of fused-ring (bicyclic) bond motifs is 1. The number of carbonyl (C=O) groups excluding carboxylic acids is 1. The number of nitrogens with zero attached hydrogens (tertiary/aromatic N) is 3. The second-order valence-corrected chi connectivity index (χ2v) is 5.86. The molecule has 5 heteroatoms. The van der Waals surface area contributed by atoms with Crippen molar-refractivity contribution in [3.05, 3.63) is 28.2 Å². The van der Waals surface area contributed by atoms with Crippen LogP contribution >= 0.6 is 15.9 Å². The molecule has 0 radical (unpaired) electrons. The van der Waals surface area contributed by atoms with Crippen LogP contribution in [0.4, 0.5) is 5.69 Å². The second kappa shape index (κ2) is 4.86. The Morgan fingerprint density at radius 3 is 2.95 bits per heavy atom. The van der Waals surface area contributed by atoms with Crippen LogP contribution in [0.25, 0.3) is 0 Å². The molecular weight excluding hydrogens is 306 g/mol. The normalized spacial score (nSPS) is 22.3. The van der Waals surface area contributed by atoms with Crippen molar-refractivity contribution in [2.24, 2.45) is 0 Å². The summed E-state index contributed by atoms with van der Waals surface area (Å²) in [6.07, 6.45) is 1.65. The molecule has 2 heterocycles. The molecule has 0 saturated carbocycles. The maximum Gasteiger partial charge on any atom is 0.223 e. The quantitative estimate of drug-likeness (QED) is 0.796. The number of carbonyl (C=O) groups is 1. The summed E-state index contributed by atoms with van der Waals surface area (Å²) in [5.41, 5.74) is 1.77. The molecule has 19 heavy (non-hydrogen) atoms. The van der Waals surface area contributed by atoms with E-state index in [1.165, 1.54) is 0 Å². The summed E-state index contributed by atoms with van der Waals surface area (Å²) in [7, 11) is 0. The predicted molar refractivity (Wildman–Crippen MR) is 75.8 cm³/mol. The summed E-state index contributed by atoms with van der Waals surface area (Å²) in [5, 5.41) is 8.89. The molecule has 2 saturated heterocycles. The monoisotopic (exact) mass is 319 g/mol. The fourth-order valence-electron chi connectivity index (χ4n) is 2.92. The van der Waals surface area contributed by atoms with Crippen molar-refractivity contribution in [3.8, 4) is 6.07 Å². The van der Waals surface area contributed by atoms with Crippen molar-refractivity contribution in [1.82, 2.24) is 4.90 Å². The Bertz CT molecular complexity index is 566. The molecule has 1 aromatic rings. The van der Waals surface area contributed by atoms with Crippen molar-refractivity contribution in [3.63, 3.8) is 0 Å². The number of piperazine rings is 1. The third-order valence-corrected chi connectivity index (χ3v) is 4.55. The molecule has 3 rings (SSSR count). The van der Waals surface area contributed by atoms with Crippen LogP contribution in [-0.2, 0) is 4.79 Å². The Balaban J connectivity index is 1.81. The number of hydrogen-bond donors (Lipinski definition) is 0. The number of benzene rings is 1. The van der Waals surface area contributed by atoms with Gasteiger partial charge in [-0.3, -0.25) is 4.79 Å². The minimum absolute atomic E-state index is 0.295. The molecule has 1 atom stereocenters. The molecule has 1 unspecified atom stereocenters. The van der Waals surface area contributed by atoms with Gasteiger partial charge in [0.25, 0.3) is 0 Å². The van der Waals surface area contributed by atoms with E-state index in [-0.39, 0.29) is 0 Å². The predicted octanol–water partition coefficient (Wildman–Crippen LogP) is 2.13. The highest BCUT2D eigenvalue weighted by molar-refractivity contribution is 9.10. The molecule has 2 fully saturated rings. The van der Waals surface area contributed by atoms with E-state index in [4.69, 9.17) is 5.26 Å². The molecule has 2 aliphatic heterocycles. The highest BCUT2D eigenvalue weighted by atomic mass is 79.9. The number of hydrogen-bond acceptors (Lipinski definition) is 3. The molecule has 4 nitrogen and oxygen atoms in total. The third-order valence-electron chi connectivity index (χ3n) is 3.91. The van der Waals surface area contributed by atoms with Crippen molar-refractivity contribution in [2.75, 3.05) is 24.5 Å². The lowest BCUT2D eigenvalue weighted by Gasteiger charge is -2.39. The Hall–Kier alpha value is -1.54. The van der Waals surface area contributed by atoms with E-state index in [1.54, 1.807) is 0 Å². The molecule has 1 aromatic carbocycles. The van der Waals surface area contributed by atoms with E-state index in [9.17, 15) is 4.79 Å². The molecule has 0 aromatic heterocycles. The number of rotatable bonds is 1. The number of amides is 1. The van der Waals surface area contributed by atoms with Gasteiger partial charge in [-0.2, -0.15) is 5.26 Å². The van der Waals surface area contributed by atoms with Crippen LogP contribution in [0.2, 0.25) is 0 Å². The fraction of sp³-hybridized carbons (Fsp3) is 0.429. The average molecular weight is 320 g/mol. The Morgan fingerprint density at radius 2 is 2.21 bits per heavy atom. The van der Waals surface area contributed by atoms with Gasteiger partial charge in [0.2, 0.25) is 5.91 Å². The zero-order chi connectivity index (χ0) is 13.4. The van der Waals surface area contributed by atoms with E-state index in [1.807, 2.05) is 23.1 Å². The second-order valence-electron chi connectivity index (χ2n) is 5.00. The lowest BCUT2D eigenvalue weighted by atomic mass is 10.1. The highest BCUT2D eigenvalue weighted by Crippen LogP contribution is 2.31. The molecular formula is C14H14BrN3O. The van der Waals surface area contributed by atoms with Gasteiger partial charge in [-0.25, -0.2) is 0 Å². The van der Waals surface area contributed by atoms with Gasteiger partial charge in [-0.1, -0.05) is 0 Å². The first-order valence-electron chi connectivity index (χ1n) is 6.43. The summed E-state index contributed by atoms with van der Waals surface area (Å²) >= 11 is 3.53. The highest BCUT2D eigenvalue weighted by Gasteiger charge is 2.35. The topological polar surface area (TPSA) is 47.3 Å². The zero-order valence-electron chi connectivity index (χ0n) is 10.5. The lowest BCUT2D eigenvalue weighted by Crippen LogP contribution is -2.51. The molecule has 0 bridgehead atoms. The summed E-state index contributed by atoms with van der Waals surface area (Å²) in [5.74, 6) is 0.295. The Labute approximate surface area is 120 Å². The smallest absolute Gasteiger partial charge is 0.223 e. The Morgan fingerprint density at radius 1 is 1.37 bits per heavy atom. The summed E-state index contributed by atoms with van der Waals surface area (Å²) < 4.78 is 0.948. The van der Waals surface area contributed by atoms with Gasteiger partial charge in [0.15, 0.2) is 0 Å². The first-order valence-corrected chi connectivity index (χ1v) is 7.22. The van der Waals surface area contributed by atoms with Gasteiger partial charge >= 0.3 is 0 Å². The largest absolute Gasteiger partial charge is 0.367 e. The molecule has 0 spiro atoms. The summed E-state index contributed by atoms with van der Waals surface area (Å²) in [6.45, 7) is 2.54. The van der Waals surface area contributed by atoms with E-state index in [0.29, 0.717) is 23.9 Å². The van der Waals surface area contributed by atoms with Crippen molar-refractivity contribution < 1.29 is 4.79 Å². The van der Waals surface area contributed by atoms with Gasteiger partial charge in [0.05, 0.1) is 17.3 Å². The molecule has 2 aliphatic rings. The van der Waals surface area contributed by atoms with Crippen LogP contribution < -0.4 is 4.90 Å². The van der Waals surface area contributed by atoms with E-state index >= 15 is 0 Å². The standard InChI is InChI=1S/C14H14BrN3O/c15-12-7-10(8-16)1-3-13(12)17-5-6-18-11(9-17)2-4-14(18)19/h1,3,7,11H,2,4-6,9H2. The fourth-order valence-corrected chi connectivity index (χ4v) is 3.55.